The van der Waals surface area contributed by atoms with E-state index in [1.807, 2.05) is 44.2 Å². The van der Waals surface area contributed by atoms with E-state index in [2.05, 4.69) is 10.6 Å². The van der Waals surface area contributed by atoms with Crippen molar-refractivity contribution in [2.24, 2.45) is 0 Å². The summed E-state index contributed by atoms with van der Waals surface area (Å²) in [6.07, 6.45) is -0.741. The summed E-state index contributed by atoms with van der Waals surface area (Å²) in [5, 5.41) is 16.5. The standard InChI is InChI=1S/C25H36N2O7/c1-17(2)27-13-18(28)15-32-19-8-9-21-24(12-19)34-20(16-33-21)14-26-10-11-31-25-22(29-3)6-5-7-23(25)30-4/h5-9,12,17-18,20,26-28H,10-11,13-16H2,1-4H3/t18-,20+/m1/s1. The normalized spacial score (nSPS) is 15.6. The molecule has 0 bridgehead atoms. The number of rotatable bonds is 14. The summed E-state index contributed by atoms with van der Waals surface area (Å²) < 4.78 is 34.2. The van der Waals surface area contributed by atoms with Crippen molar-refractivity contribution in [1.29, 1.82) is 0 Å². The van der Waals surface area contributed by atoms with Crippen LogP contribution in [-0.2, 0) is 0 Å². The number of fused-ring (bicyclic) bond motifs is 1. The molecule has 0 spiro atoms. The lowest BCUT2D eigenvalue weighted by molar-refractivity contribution is 0.0870. The molecule has 9 nitrogen and oxygen atoms in total. The zero-order chi connectivity index (χ0) is 24.3. The predicted molar refractivity (Wildman–Crippen MR) is 129 cm³/mol. The van der Waals surface area contributed by atoms with Crippen LogP contribution in [0.3, 0.4) is 0 Å². The fourth-order valence-corrected chi connectivity index (χ4v) is 3.36. The average molecular weight is 477 g/mol. The van der Waals surface area contributed by atoms with Crippen molar-refractivity contribution in [3.63, 3.8) is 0 Å². The molecule has 34 heavy (non-hydrogen) atoms. The minimum absolute atomic E-state index is 0.149. The van der Waals surface area contributed by atoms with Crippen molar-refractivity contribution in [2.75, 3.05) is 53.7 Å². The summed E-state index contributed by atoms with van der Waals surface area (Å²) in [5.41, 5.74) is 0. The van der Waals surface area contributed by atoms with Gasteiger partial charge in [0.25, 0.3) is 0 Å². The molecule has 0 unspecified atom stereocenters. The van der Waals surface area contributed by atoms with Gasteiger partial charge in [-0.3, -0.25) is 0 Å². The fraction of sp³-hybridized carbons (Fsp3) is 0.520. The van der Waals surface area contributed by atoms with Gasteiger partial charge >= 0.3 is 0 Å². The Morgan fingerprint density at radius 2 is 1.82 bits per heavy atom. The molecule has 1 aliphatic rings. The molecule has 0 aromatic heterocycles. The lowest BCUT2D eigenvalue weighted by Gasteiger charge is -2.27. The van der Waals surface area contributed by atoms with Crippen LogP contribution in [-0.4, -0.2) is 77.0 Å². The number of ether oxygens (including phenoxy) is 6. The molecule has 1 heterocycles. The van der Waals surface area contributed by atoms with Gasteiger partial charge in [-0.1, -0.05) is 19.9 Å². The fourth-order valence-electron chi connectivity index (χ4n) is 3.36. The van der Waals surface area contributed by atoms with Crippen LogP contribution in [0, 0.1) is 0 Å². The van der Waals surface area contributed by atoms with Crippen LogP contribution >= 0.6 is 0 Å². The minimum Gasteiger partial charge on any atom is -0.493 e. The number of nitrogens with one attached hydrogen (secondary N) is 2. The van der Waals surface area contributed by atoms with Gasteiger partial charge in [-0.05, 0) is 24.3 Å². The molecule has 2 atom stereocenters. The quantitative estimate of drug-likeness (QED) is 0.355. The molecule has 0 saturated carbocycles. The molecule has 0 saturated heterocycles. The Balaban J connectivity index is 1.42. The van der Waals surface area contributed by atoms with E-state index in [4.69, 9.17) is 28.4 Å². The first-order valence-corrected chi connectivity index (χ1v) is 11.5. The van der Waals surface area contributed by atoms with Crippen molar-refractivity contribution in [3.05, 3.63) is 36.4 Å². The number of aliphatic hydroxyl groups excluding tert-OH is 1. The van der Waals surface area contributed by atoms with E-state index < -0.39 is 6.10 Å². The maximum Gasteiger partial charge on any atom is 0.203 e. The highest BCUT2D eigenvalue weighted by atomic mass is 16.6. The maximum absolute atomic E-state index is 10.0. The largest absolute Gasteiger partial charge is 0.493 e. The van der Waals surface area contributed by atoms with Gasteiger partial charge in [0, 0.05) is 31.7 Å². The Bertz CT molecular complexity index is 871. The third kappa shape index (κ3) is 7.58. The number of methoxy groups -OCH3 is 2. The summed E-state index contributed by atoms with van der Waals surface area (Å²) in [5.74, 6) is 3.76. The molecular formula is C25H36N2O7. The molecule has 0 fully saturated rings. The highest BCUT2D eigenvalue weighted by Crippen LogP contribution is 2.37. The SMILES string of the molecule is COc1cccc(OC)c1OCCNC[C@H]1COc2ccc(OC[C@H](O)CNC(C)C)cc2O1. The first-order valence-electron chi connectivity index (χ1n) is 11.5. The number of hydrogen-bond donors (Lipinski definition) is 3. The van der Waals surface area contributed by atoms with Crippen LogP contribution in [0.5, 0.6) is 34.5 Å². The molecule has 0 amide bonds. The first-order chi connectivity index (χ1) is 16.5. The van der Waals surface area contributed by atoms with Crippen molar-refractivity contribution in [2.45, 2.75) is 32.1 Å². The Morgan fingerprint density at radius 3 is 2.53 bits per heavy atom. The number of hydrogen-bond acceptors (Lipinski definition) is 9. The molecular weight excluding hydrogens is 440 g/mol. The van der Waals surface area contributed by atoms with Crippen LogP contribution in [0.15, 0.2) is 36.4 Å². The Labute approximate surface area is 201 Å². The van der Waals surface area contributed by atoms with Gasteiger partial charge in [0.1, 0.15) is 37.8 Å². The average Bonchev–Trinajstić information content (AvgIpc) is 2.85. The Morgan fingerprint density at radius 1 is 1.06 bits per heavy atom. The minimum atomic E-state index is -0.592. The van der Waals surface area contributed by atoms with Crippen molar-refractivity contribution < 1.29 is 33.5 Å². The molecule has 2 aromatic rings. The van der Waals surface area contributed by atoms with Crippen molar-refractivity contribution >= 4 is 0 Å². The molecule has 9 heteroatoms. The molecule has 1 aliphatic heterocycles. The highest BCUT2D eigenvalue weighted by molar-refractivity contribution is 5.51. The second kappa shape index (κ2) is 13.1. The zero-order valence-corrected chi connectivity index (χ0v) is 20.3. The van der Waals surface area contributed by atoms with Gasteiger partial charge < -0.3 is 44.2 Å². The van der Waals surface area contributed by atoms with Gasteiger partial charge in [0.15, 0.2) is 23.0 Å². The van der Waals surface area contributed by atoms with Crippen molar-refractivity contribution in [1.82, 2.24) is 10.6 Å². The molecule has 188 valence electrons. The van der Waals surface area contributed by atoms with Crippen LogP contribution in [0.4, 0.5) is 0 Å². The summed E-state index contributed by atoms with van der Waals surface area (Å²) >= 11 is 0. The molecule has 2 aromatic carbocycles. The van der Waals surface area contributed by atoms with Crippen LogP contribution < -0.4 is 39.1 Å². The van der Waals surface area contributed by atoms with Gasteiger partial charge in [0.05, 0.1) is 14.2 Å². The maximum atomic E-state index is 10.0. The first kappa shape index (κ1) is 25.7. The van der Waals surface area contributed by atoms with E-state index >= 15 is 0 Å². The van der Waals surface area contributed by atoms with Gasteiger partial charge in [-0.2, -0.15) is 0 Å². The molecule has 0 radical (unpaired) electrons. The number of para-hydroxylation sites is 1. The third-order valence-electron chi connectivity index (χ3n) is 5.12. The van der Waals surface area contributed by atoms with Crippen molar-refractivity contribution in [3.8, 4) is 34.5 Å². The Hall–Kier alpha value is -2.88. The zero-order valence-electron chi connectivity index (χ0n) is 20.3. The van der Waals surface area contributed by atoms with E-state index in [0.717, 1.165) is 0 Å². The summed E-state index contributed by atoms with van der Waals surface area (Å²) in [4.78, 5) is 0. The van der Waals surface area contributed by atoms with E-state index in [1.165, 1.54) is 0 Å². The third-order valence-corrected chi connectivity index (χ3v) is 5.12. The van der Waals surface area contributed by atoms with E-state index in [9.17, 15) is 5.11 Å². The summed E-state index contributed by atoms with van der Waals surface area (Å²) in [6.45, 7) is 6.82. The van der Waals surface area contributed by atoms with Crippen LogP contribution in [0.25, 0.3) is 0 Å². The van der Waals surface area contributed by atoms with Gasteiger partial charge in [0.2, 0.25) is 5.75 Å². The molecule has 0 aliphatic carbocycles. The number of aliphatic hydroxyl groups is 1. The molecule has 3 rings (SSSR count). The van der Waals surface area contributed by atoms with Crippen LogP contribution in [0.1, 0.15) is 13.8 Å². The van der Waals surface area contributed by atoms with Gasteiger partial charge in [-0.25, -0.2) is 0 Å². The highest BCUT2D eigenvalue weighted by Gasteiger charge is 2.21. The van der Waals surface area contributed by atoms with E-state index in [0.29, 0.717) is 73.4 Å². The smallest absolute Gasteiger partial charge is 0.203 e. The molecule has 3 N–H and O–H groups in total. The Kier molecular flexibility index (Phi) is 9.93. The predicted octanol–water partition coefficient (Wildman–Crippen LogP) is 2.25. The topological polar surface area (TPSA) is 99.7 Å². The monoisotopic (exact) mass is 476 g/mol. The number of benzene rings is 2. The second-order valence-electron chi connectivity index (χ2n) is 8.23. The van der Waals surface area contributed by atoms with E-state index in [-0.39, 0.29) is 12.7 Å². The van der Waals surface area contributed by atoms with E-state index in [1.54, 1.807) is 20.3 Å². The lowest BCUT2D eigenvalue weighted by Crippen LogP contribution is -2.39. The lowest BCUT2D eigenvalue weighted by atomic mass is 10.2. The second-order valence-corrected chi connectivity index (χ2v) is 8.23. The van der Waals surface area contributed by atoms with Crippen LogP contribution in [0.2, 0.25) is 0 Å². The summed E-state index contributed by atoms with van der Waals surface area (Å²) in [6, 6.07) is 11.2. The summed E-state index contributed by atoms with van der Waals surface area (Å²) in [7, 11) is 3.20. The van der Waals surface area contributed by atoms with Gasteiger partial charge in [-0.15, -0.1) is 0 Å².